The fourth-order valence-electron chi connectivity index (χ4n) is 5.45. The Bertz CT molecular complexity index is 1120. The summed E-state index contributed by atoms with van der Waals surface area (Å²) in [5.74, 6) is -0.500. The van der Waals surface area contributed by atoms with Gasteiger partial charge in [0.1, 0.15) is 6.61 Å². The summed E-state index contributed by atoms with van der Waals surface area (Å²) in [4.78, 5) is 15.9. The molecule has 2 atom stereocenters. The van der Waals surface area contributed by atoms with Crippen LogP contribution in [0, 0.1) is 0 Å². The Labute approximate surface area is 248 Å². The number of rotatable bonds is 20. The van der Waals surface area contributed by atoms with Gasteiger partial charge in [0.15, 0.2) is 0 Å². The number of benzene rings is 1. The second-order valence-corrected chi connectivity index (χ2v) is 12.9. The van der Waals surface area contributed by atoms with Crippen LogP contribution in [0.4, 0.5) is 0 Å². The topological polar surface area (TPSA) is 74.9 Å². The monoisotopic (exact) mass is 565 g/mol. The van der Waals surface area contributed by atoms with Gasteiger partial charge < -0.3 is 19.6 Å². The van der Waals surface area contributed by atoms with Crippen LogP contribution in [0.5, 0.6) is 0 Å². The lowest BCUT2D eigenvalue weighted by Crippen LogP contribution is -2.33. The van der Waals surface area contributed by atoms with Gasteiger partial charge in [0.05, 0.1) is 17.3 Å². The minimum Gasteiger partial charge on any atom is -0.465 e. The first kappa shape index (κ1) is 33.1. The van der Waals surface area contributed by atoms with Gasteiger partial charge in [-0.2, -0.15) is 0 Å². The van der Waals surface area contributed by atoms with Crippen molar-refractivity contribution in [2.75, 3.05) is 6.61 Å². The molecule has 228 valence electrons. The number of epoxide rings is 1. The lowest BCUT2D eigenvalue weighted by molar-refractivity contribution is -0.145. The van der Waals surface area contributed by atoms with Crippen molar-refractivity contribution in [3.8, 4) is 0 Å². The molecular formula is C36H55NO4. The molecule has 5 heteroatoms. The van der Waals surface area contributed by atoms with Gasteiger partial charge in [-0.3, -0.25) is 4.79 Å². The summed E-state index contributed by atoms with van der Waals surface area (Å²) in [6.07, 6.45) is 25.4. The molecule has 2 N–H and O–H groups in total. The molecule has 0 radical (unpaired) electrons. The van der Waals surface area contributed by atoms with Crippen molar-refractivity contribution in [2.24, 2.45) is 0 Å². The highest BCUT2D eigenvalue weighted by Gasteiger charge is 2.47. The zero-order chi connectivity index (χ0) is 29.7. The van der Waals surface area contributed by atoms with Gasteiger partial charge in [-0.25, -0.2) is 0 Å². The van der Waals surface area contributed by atoms with Crippen LogP contribution in [-0.4, -0.2) is 40.0 Å². The van der Waals surface area contributed by atoms with Crippen molar-refractivity contribution < 1.29 is 19.4 Å². The van der Waals surface area contributed by atoms with E-state index in [0.29, 0.717) is 6.42 Å². The third-order valence-corrected chi connectivity index (χ3v) is 8.33. The predicted octanol–water partition coefficient (Wildman–Crippen LogP) is 9.10. The van der Waals surface area contributed by atoms with Crippen LogP contribution in [0.2, 0.25) is 0 Å². The molecule has 1 aromatic carbocycles. The van der Waals surface area contributed by atoms with Crippen LogP contribution in [0.1, 0.15) is 129 Å². The van der Waals surface area contributed by atoms with E-state index in [1.807, 2.05) is 6.20 Å². The van der Waals surface area contributed by atoms with Crippen LogP contribution in [0.3, 0.4) is 0 Å². The maximum absolute atomic E-state index is 12.5. The zero-order valence-corrected chi connectivity index (χ0v) is 26.3. The van der Waals surface area contributed by atoms with Crippen LogP contribution in [-0.2, 0) is 20.7 Å². The quantitative estimate of drug-likeness (QED) is 0.0726. The van der Waals surface area contributed by atoms with Crippen molar-refractivity contribution in [1.82, 2.24) is 4.98 Å². The first-order valence-corrected chi connectivity index (χ1v) is 16.1. The standard InChI is InChI=1S/C36H55NO4/c1-6-7-8-9-10-11-12-13-14-15-16-17-18-19-20-21-34(38)40-27-31(35(2,3)39)30-26-37-32-24-28(22-23-29(30)32)25-33-36(4,5)41-33/h10-11,13-14,22-24,26,31,33,37,39H,6-9,12,15-21,25,27H2,1-5H3/b11-10-,14-13-/t31-,33-/m1/s1. The average molecular weight is 566 g/mol. The van der Waals surface area contributed by atoms with Crippen LogP contribution in [0.15, 0.2) is 48.7 Å². The number of unbranched alkanes of at least 4 members (excludes halogenated alkanes) is 8. The van der Waals surface area contributed by atoms with Gasteiger partial charge in [0.25, 0.3) is 0 Å². The van der Waals surface area contributed by atoms with Gasteiger partial charge >= 0.3 is 5.97 Å². The molecule has 0 saturated carbocycles. The fraction of sp³-hybridized carbons (Fsp3) is 0.639. The van der Waals surface area contributed by atoms with Crippen molar-refractivity contribution in [1.29, 1.82) is 0 Å². The Kier molecular flexibility index (Phi) is 13.2. The Morgan fingerprint density at radius 3 is 2.37 bits per heavy atom. The van der Waals surface area contributed by atoms with Crippen molar-refractivity contribution in [2.45, 2.75) is 141 Å². The third kappa shape index (κ3) is 11.4. The lowest BCUT2D eigenvalue weighted by atomic mass is 9.85. The van der Waals surface area contributed by atoms with Crippen LogP contribution >= 0.6 is 0 Å². The van der Waals surface area contributed by atoms with Gasteiger partial charge in [-0.1, -0.05) is 75.5 Å². The summed E-state index contributed by atoms with van der Waals surface area (Å²) < 4.78 is 11.4. The van der Waals surface area contributed by atoms with E-state index < -0.39 is 5.60 Å². The number of hydrogen-bond acceptors (Lipinski definition) is 4. The highest BCUT2D eigenvalue weighted by Crippen LogP contribution is 2.39. The molecule has 41 heavy (non-hydrogen) atoms. The first-order chi connectivity index (χ1) is 19.6. The molecule has 0 amide bonds. The number of aliphatic hydroxyl groups is 1. The number of esters is 1. The smallest absolute Gasteiger partial charge is 0.305 e. The van der Waals surface area contributed by atoms with Crippen molar-refractivity contribution >= 4 is 16.9 Å². The van der Waals surface area contributed by atoms with Crippen LogP contribution < -0.4 is 0 Å². The molecule has 5 nitrogen and oxygen atoms in total. The number of aromatic nitrogens is 1. The Morgan fingerprint density at radius 1 is 1.05 bits per heavy atom. The summed E-state index contributed by atoms with van der Waals surface area (Å²) in [6, 6.07) is 6.40. The normalized spacial score (nSPS) is 17.6. The zero-order valence-electron chi connectivity index (χ0n) is 26.3. The highest BCUT2D eigenvalue weighted by molar-refractivity contribution is 5.84. The number of nitrogens with one attached hydrogen (secondary N) is 1. The van der Waals surface area contributed by atoms with E-state index in [2.05, 4.69) is 68.3 Å². The number of fused-ring (bicyclic) bond motifs is 1. The fourth-order valence-corrected chi connectivity index (χ4v) is 5.45. The lowest BCUT2D eigenvalue weighted by Gasteiger charge is -2.29. The van der Waals surface area contributed by atoms with E-state index in [9.17, 15) is 9.90 Å². The summed E-state index contributed by atoms with van der Waals surface area (Å²) in [5, 5.41) is 12.0. The summed E-state index contributed by atoms with van der Waals surface area (Å²) in [6.45, 7) is 10.2. The summed E-state index contributed by atoms with van der Waals surface area (Å²) >= 11 is 0. The minimum absolute atomic E-state index is 0.0338. The van der Waals surface area contributed by atoms with E-state index in [1.165, 1.54) is 44.1 Å². The van der Waals surface area contributed by atoms with E-state index in [1.54, 1.807) is 13.8 Å². The molecule has 1 fully saturated rings. The molecule has 2 heterocycles. The van der Waals surface area contributed by atoms with Gasteiger partial charge in [0.2, 0.25) is 0 Å². The van der Waals surface area contributed by atoms with E-state index in [4.69, 9.17) is 9.47 Å². The van der Waals surface area contributed by atoms with E-state index in [-0.39, 0.29) is 30.2 Å². The Balaban J connectivity index is 1.33. The van der Waals surface area contributed by atoms with Gasteiger partial charge in [0, 0.05) is 35.9 Å². The number of carbonyl (C=O) groups excluding carboxylic acids is 1. The third-order valence-electron chi connectivity index (χ3n) is 8.33. The van der Waals surface area contributed by atoms with Gasteiger partial charge in [-0.05, 0) is 83.4 Å². The number of hydrogen-bond donors (Lipinski definition) is 2. The second-order valence-electron chi connectivity index (χ2n) is 12.9. The maximum atomic E-state index is 12.5. The predicted molar refractivity (Wildman–Crippen MR) is 170 cm³/mol. The number of aromatic amines is 1. The molecule has 0 bridgehead atoms. The molecular weight excluding hydrogens is 510 g/mol. The Hall–Kier alpha value is -2.37. The second kappa shape index (κ2) is 16.3. The number of allylic oxidation sites excluding steroid dienone is 4. The van der Waals surface area contributed by atoms with Crippen molar-refractivity contribution in [3.05, 3.63) is 59.8 Å². The molecule has 0 aliphatic carbocycles. The molecule has 1 aliphatic rings. The van der Waals surface area contributed by atoms with E-state index >= 15 is 0 Å². The molecule has 1 aliphatic heterocycles. The summed E-state index contributed by atoms with van der Waals surface area (Å²) in [7, 11) is 0. The van der Waals surface area contributed by atoms with Crippen LogP contribution in [0.25, 0.3) is 10.9 Å². The molecule has 2 aromatic rings. The molecule has 1 saturated heterocycles. The number of ether oxygens (including phenoxy) is 2. The van der Waals surface area contributed by atoms with E-state index in [0.717, 1.165) is 55.0 Å². The first-order valence-electron chi connectivity index (χ1n) is 16.1. The molecule has 3 rings (SSSR count). The van der Waals surface area contributed by atoms with Gasteiger partial charge in [-0.15, -0.1) is 0 Å². The van der Waals surface area contributed by atoms with Crippen molar-refractivity contribution in [3.63, 3.8) is 0 Å². The average Bonchev–Trinajstić information content (AvgIpc) is 3.31. The number of H-pyrrole nitrogens is 1. The molecule has 0 spiro atoms. The SMILES string of the molecule is CCCCC/C=C\C/C=C\CCCCCCCC(=O)OC[C@H](c1c[nH]c2cc(C[C@H]3OC3(C)C)ccc12)C(C)(C)O. The minimum atomic E-state index is -1.03. The maximum Gasteiger partial charge on any atom is 0.305 e. The highest BCUT2D eigenvalue weighted by atomic mass is 16.6. The Morgan fingerprint density at radius 2 is 1.71 bits per heavy atom. The largest absolute Gasteiger partial charge is 0.465 e. The molecule has 1 aromatic heterocycles. The molecule has 0 unspecified atom stereocenters. The number of carbonyl (C=O) groups is 1. The summed E-state index contributed by atoms with van der Waals surface area (Å²) in [5.41, 5.74) is 2.17.